The van der Waals surface area contributed by atoms with Crippen LogP contribution in [0.25, 0.3) is 22.4 Å². The predicted octanol–water partition coefficient (Wildman–Crippen LogP) is 4.75. The Morgan fingerprint density at radius 1 is 0.942 bits per heavy atom. The number of fused-ring (bicyclic) bond motifs is 3. The van der Waals surface area contributed by atoms with Gasteiger partial charge in [0.2, 0.25) is 5.91 Å². The number of carbonyl (C=O) groups excluding carboxylic acids is 3. The fraction of sp³-hybridized carbons (Fsp3) is 0.231. The molecule has 0 unspecified atom stereocenters. The maximum Gasteiger partial charge on any atom is 0.407 e. The fourth-order valence-electron chi connectivity index (χ4n) is 6.47. The van der Waals surface area contributed by atoms with Crippen LogP contribution in [0.15, 0.2) is 97.5 Å². The summed E-state index contributed by atoms with van der Waals surface area (Å²) in [5.74, 6) is -0.940. The molecule has 52 heavy (non-hydrogen) atoms. The molecule has 3 heterocycles. The Morgan fingerprint density at radius 2 is 1.63 bits per heavy atom. The molecule has 1 atom stereocenters. The molecule has 0 spiro atoms. The molecule has 2 aromatic heterocycles. The molecular formula is C39H38N8O5. The number of amides is 3. The quantitative estimate of drug-likeness (QED) is 0.159. The number of rotatable bonds is 10. The average molecular weight is 699 g/mol. The second-order valence-electron chi connectivity index (χ2n) is 12.5. The first-order valence-electron chi connectivity index (χ1n) is 17.0. The van der Waals surface area contributed by atoms with E-state index < -0.39 is 18.0 Å². The summed E-state index contributed by atoms with van der Waals surface area (Å²) in [5, 5.41) is 8.36. The lowest BCUT2D eigenvalue weighted by molar-refractivity contribution is -0.122. The topological polar surface area (TPSA) is 174 Å². The number of hydrogen-bond donors (Lipinski definition) is 4. The lowest BCUT2D eigenvalue weighted by Crippen LogP contribution is -2.45. The van der Waals surface area contributed by atoms with E-state index in [0.717, 1.165) is 33.5 Å². The number of alkyl carbamates (subject to hydrolysis) is 1. The molecule has 1 saturated heterocycles. The monoisotopic (exact) mass is 698 g/mol. The van der Waals surface area contributed by atoms with Gasteiger partial charge in [0.15, 0.2) is 11.5 Å². The first-order valence-corrected chi connectivity index (χ1v) is 17.0. The third-order valence-corrected chi connectivity index (χ3v) is 9.20. The molecule has 264 valence electrons. The minimum atomic E-state index is -0.818. The number of benzene rings is 3. The Kier molecular flexibility index (Phi) is 10.0. The van der Waals surface area contributed by atoms with Gasteiger partial charge in [0, 0.05) is 37.3 Å². The number of pyridine rings is 1. The largest absolute Gasteiger partial charge is 0.449 e. The summed E-state index contributed by atoms with van der Waals surface area (Å²) in [7, 11) is 0. The Balaban J connectivity index is 0.917. The van der Waals surface area contributed by atoms with Gasteiger partial charge in [-0.3, -0.25) is 14.6 Å². The molecule has 2 aliphatic rings. The molecule has 13 nitrogen and oxygen atoms in total. The summed E-state index contributed by atoms with van der Waals surface area (Å²) in [6.45, 7) is 4.58. The van der Waals surface area contributed by atoms with Gasteiger partial charge in [-0.1, -0.05) is 72.8 Å². The third kappa shape index (κ3) is 7.39. The van der Waals surface area contributed by atoms with E-state index in [2.05, 4.69) is 60.1 Å². The average Bonchev–Trinajstić information content (AvgIpc) is 3.50. The molecule has 5 aromatic rings. The number of carbonyl (C=O) groups is 3. The number of nitrogens with two attached hydrogens (primary N) is 1. The molecule has 5 N–H and O–H groups in total. The second-order valence-corrected chi connectivity index (χ2v) is 12.5. The van der Waals surface area contributed by atoms with Crippen LogP contribution in [0.5, 0.6) is 0 Å². The summed E-state index contributed by atoms with van der Waals surface area (Å²) in [6.07, 6.45) is 4.11. The van der Waals surface area contributed by atoms with Crippen molar-refractivity contribution in [2.75, 3.05) is 48.9 Å². The highest BCUT2D eigenvalue weighted by Crippen LogP contribution is 2.44. The Morgan fingerprint density at radius 3 is 2.35 bits per heavy atom. The van der Waals surface area contributed by atoms with Crippen LogP contribution in [0.4, 0.5) is 22.0 Å². The standard InChI is InChI=1S/C39H38N8O5/c1-24(44-39(50)52-23-31-29-8-4-2-6-27(29)28-7-3-5-9-30(28)31)37(48)43-20-25-10-12-26(13-11-25)32-22-42-36(40)35(45-32)38(49)46-33-21-41-15-14-34(33)47-16-18-51-19-17-47/h2-15,21-22,24,31H,16-20,23H2,1H3,(H2,40,42)(H,43,48)(H,44,50)(H,46,49)/t24-/m0/s1. The van der Waals surface area contributed by atoms with Crippen molar-refractivity contribution in [3.05, 3.63) is 120 Å². The van der Waals surface area contributed by atoms with Crippen LogP contribution in [0.3, 0.4) is 0 Å². The van der Waals surface area contributed by atoms with Gasteiger partial charge in [0.25, 0.3) is 5.91 Å². The number of nitrogen functional groups attached to an aromatic ring is 1. The zero-order chi connectivity index (χ0) is 36.0. The van der Waals surface area contributed by atoms with Crippen LogP contribution in [0.2, 0.25) is 0 Å². The van der Waals surface area contributed by atoms with Crippen molar-refractivity contribution in [3.8, 4) is 22.4 Å². The van der Waals surface area contributed by atoms with Crippen molar-refractivity contribution in [3.63, 3.8) is 0 Å². The van der Waals surface area contributed by atoms with E-state index >= 15 is 0 Å². The van der Waals surface area contributed by atoms with Gasteiger partial charge >= 0.3 is 6.09 Å². The molecule has 3 amide bonds. The Labute approximate surface area is 300 Å². The van der Waals surface area contributed by atoms with Crippen LogP contribution >= 0.6 is 0 Å². The van der Waals surface area contributed by atoms with E-state index in [0.29, 0.717) is 43.2 Å². The minimum Gasteiger partial charge on any atom is -0.449 e. The third-order valence-electron chi connectivity index (χ3n) is 9.20. The molecular weight excluding hydrogens is 660 g/mol. The number of ether oxygens (including phenoxy) is 2. The molecule has 1 fully saturated rings. The number of morpholine rings is 1. The van der Waals surface area contributed by atoms with Crippen LogP contribution in [-0.2, 0) is 20.8 Å². The Hall–Kier alpha value is -6.34. The molecule has 13 heteroatoms. The van der Waals surface area contributed by atoms with Crippen molar-refractivity contribution in [1.82, 2.24) is 25.6 Å². The number of nitrogens with one attached hydrogen (secondary N) is 3. The predicted molar refractivity (Wildman–Crippen MR) is 197 cm³/mol. The van der Waals surface area contributed by atoms with E-state index in [4.69, 9.17) is 15.2 Å². The summed E-state index contributed by atoms with van der Waals surface area (Å²) in [6, 6.07) is 24.5. The van der Waals surface area contributed by atoms with Crippen LogP contribution < -0.4 is 26.6 Å². The van der Waals surface area contributed by atoms with E-state index in [9.17, 15) is 14.4 Å². The molecule has 0 bridgehead atoms. The first-order chi connectivity index (χ1) is 25.4. The summed E-state index contributed by atoms with van der Waals surface area (Å²) in [4.78, 5) is 53.9. The van der Waals surface area contributed by atoms with Gasteiger partial charge in [-0.15, -0.1) is 0 Å². The summed E-state index contributed by atoms with van der Waals surface area (Å²) in [5.41, 5.74) is 13.9. The maximum absolute atomic E-state index is 13.3. The molecule has 1 aliphatic carbocycles. The normalized spacial score (nSPS) is 14.1. The Bertz CT molecular complexity index is 2060. The van der Waals surface area contributed by atoms with E-state index in [1.165, 1.54) is 6.20 Å². The van der Waals surface area contributed by atoms with Gasteiger partial charge in [-0.25, -0.2) is 14.8 Å². The highest BCUT2D eigenvalue weighted by Gasteiger charge is 2.29. The molecule has 3 aromatic carbocycles. The molecule has 0 saturated carbocycles. The summed E-state index contributed by atoms with van der Waals surface area (Å²) < 4.78 is 11.0. The lowest BCUT2D eigenvalue weighted by atomic mass is 9.98. The van der Waals surface area contributed by atoms with Gasteiger partial charge in [0.1, 0.15) is 12.6 Å². The van der Waals surface area contributed by atoms with Gasteiger partial charge in [0.05, 0.1) is 42.7 Å². The van der Waals surface area contributed by atoms with Gasteiger partial charge in [-0.2, -0.15) is 0 Å². The zero-order valence-electron chi connectivity index (χ0n) is 28.5. The number of anilines is 3. The molecule has 1 aliphatic heterocycles. The minimum absolute atomic E-state index is 0.00166. The highest BCUT2D eigenvalue weighted by molar-refractivity contribution is 6.07. The fourth-order valence-corrected chi connectivity index (χ4v) is 6.47. The van der Waals surface area contributed by atoms with E-state index in [-0.39, 0.29) is 36.5 Å². The van der Waals surface area contributed by atoms with E-state index in [1.54, 1.807) is 19.3 Å². The van der Waals surface area contributed by atoms with Crippen LogP contribution in [-0.4, -0.2) is 71.8 Å². The smallest absolute Gasteiger partial charge is 0.407 e. The van der Waals surface area contributed by atoms with Crippen molar-refractivity contribution in [2.24, 2.45) is 0 Å². The van der Waals surface area contributed by atoms with Crippen LogP contribution in [0.1, 0.15) is 40.0 Å². The second kappa shape index (κ2) is 15.3. The molecule has 0 radical (unpaired) electrons. The maximum atomic E-state index is 13.3. The first kappa shape index (κ1) is 34.1. The van der Waals surface area contributed by atoms with Gasteiger partial charge in [-0.05, 0) is 40.8 Å². The van der Waals surface area contributed by atoms with Crippen molar-refractivity contribution >= 4 is 35.1 Å². The zero-order valence-corrected chi connectivity index (χ0v) is 28.5. The SMILES string of the molecule is C[C@H](NC(=O)OCC1c2ccccc2-c2ccccc21)C(=O)NCc1ccc(-c2cnc(N)c(C(=O)Nc3cnccc3N3CCOCC3)n2)cc1. The van der Waals surface area contributed by atoms with Crippen molar-refractivity contribution in [2.45, 2.75) is 25.4 Å². The van der Waals surface area contributed by atoms with Crippen LogP contribution in [0, 0.1) is 0 Å². The van der Waals surface area contributed by atoms with Crippen molar-refractivity contribution in [1.29, 1.82) is 0 Å². The lowest BCUT2D eigenvalue weighted by Gasteiger charge is -2.30. The molecule has 7 rings (SSSR count). The van der Waals surface area contributed by atoms with Gasteiger partial charge < -0.3 is 36.1 Å². The van der Waals surface area contributed by atoms with E-state index in [1.807, 2.05) is 54.6 Å². The van der Waals surface area contributed by atoms with Crippen molar-refractivity contribution < 1.29 is 23.9 Å². The number of aromatic nitrogens is 3. The highest BCUT2D eigenvalue weighted by atomic mass is 16.5. The number of hydrogen-bond acceptors (Lipinski definition) is 10. The number of nitrogens with zero attached hydrogens (tertiary/aromatic N) is 4. The summed E-state index contributed by atoms with van der Waals surface area (Å²) >= 11 is 0.